The maximum Gasteiger partial charge on any atom is 0.322 e. The first-order valence-corrected chi connectivity index (χ1v) is 13.2. The maximum absolute atomic E-state index is 13.8. The molecule has 1 aliphatic rings. The molecule has 1 aromatic heterocycles. The molecule has 1 aliphatic heterocycles. The number of urea groups is 1. The first-order chi connectivity index (χ1) is 16.2. The molecule has 0 aliphatic carbocycles. The molecule has 0 radical (unpaired) electrons. The highest BCUT2D eigenvalue weighted by Gasteiger charge is 2.33. The molecular weight excluding hydrogens is 446 g/mol. The lowest BCUT2D eigenvalue weighted by Crippen LogP contribution is -2.37. The maximum atomic E-state index is 13.8. The van der Waals surface area contributed by atoms with Crippen LogP contribution in [-0.4, -0.2) is 28.0 Å². The van der Waals surface area contributed by atoms with E-state index in [1.807, 2.05) is 41.5 Å². The van der Waals surface area contributed by atoms with Gasteiger partial charge in [0.15, 0.2) is 0 Å². The molecule has 3 aromatic carbocycles. The Morgan fingerprint density at radius 1 is 0.879 bits per heavy atom. The highest BCUT2D eigenvalue weighted by molar-refractivity contribution is 7.98. The smallest absolute Gasteiger partial charge is 0.318 e. The van der Waals surface area contributed by atoms with Crippen LogP contribution in [-0.2, 0) is 6.54 Å². The Morgan fingerprint density at radius 2 is 1.67 bits per heavy atom. The van der Waals surface area contributed by atoms with Crippen molar-refractivity contribution >= 4 is 35.2 Å². The monoisotopic (exact) mass is 471 g/mol. The summed E-state index contributed by atoms with van der Waals surface area (Å²) < 4.78 is 2.21. The molecule has 6 heteroatoms. The molecule has 1 N–H and O–H groups in total. The number of rotatable bonds is 4. The van der Waals surface area contributed by atoms with Gasteiger partial charge in [-0.05, 0) is 72.2 Å². The lowest BCUT2D eigenvalue weighted by molar-refractivity contribution is 0.194. The second-order valence-corrected chi connectivity index (χ2v) is 9.66. The zero-order chi connectivity index (χ0) is 22.8. The Bertz CT molecular complexity index is 1280. The van der Waals surface area contributed by atoms with E-state index < -0.39 is 0 Å². The molecule has 1 unspecified atom stereocenters. The largest absolute Gasteiger partial charge is 0.322 e. The van der Waals surface area contributed by atoms with Crippen LogP contribution in [0.15, 0.2) is 101 Å². The number of fused-ring (bicyclic) bond motifs is 3. The van der Waals surface area contributed by atoms with Crippen molar-refractivity contribution in [3.8, 4) is 5.69 Å². The number of thioether (sulfide) groups is 2. The van der Waals surface area contributed by atoms with E-state index in [9.17, 15) is 4.79 Å². The number of anilines is 1. The Labute approximate surface area is 203 Å². The number of para-hydroxylation sites is 1. The third kappa shape index (κ3) is 4.28. The molecule has 0 fully saturated rings. The quantitative estimate of drug-likeness (QED) is 0.324. The van der Waals surface area contributed by atoms with E-state index in [4.69, 9.17) is 0 Å². The van der Waals surface area contributed by atoms with Crippen molar-refractivity contribution in [2.75, 3.05) is 17.8 Å². The molecule has 4 aromatic rings. The summed E-state index contributed by atoms with van der Waals surface area (Å²) in [7, 11) is 0. The van der Waals surface area contributed by atoms with Crippen LogP contribution in [0.1, 0.15) is 22.9 Å². The number of nitrogens with one attached hydrogen (secondary N) is 1. The van der Waals surface area contributed by atoms with Crippen LogP contribution in [0, 0.1) is 0 Å². The van der Waals surface area contributed by atoms with Crippen LogP contribution in [0.25, 0.3) is 5.69 Å². The van der Waals surface area contributed by atoms with Gasteiger partial charge in [0.05, 0.1) is 18.3 Å². The number of aromatic nitrogens is 1. The van der Waals surface area contributed by atoms with Crippen molar-refractivity contribution in [2.24, 2.45) is 0 Å². The van der Waals surface area contributed by atoms with Gasteiger partial charge in [0, 0.05) is 27.4 Å². The predicted octanol–water partition coefficient (Wildman–Crippen LogP) is 7.06. The fourth-order valence-corrected chi connectivity index (χ4v) is 5.24. The number of hydrogen-bond donors (Lipinski definition) is 1. The van der Waals surface area contributed by atoms with Crippen LogP contribution < -0.4 is 5.32 Å². The first kappa shape index (κ1) is 21.7. The van der Waals surface area contributed by atoms with E-state index in [-0.39, 0.29) is 12.1 Å². The normalized spacial score (nSPS) is 14.8. The Balaban J connectivity index is 1.60. The molecule has 1 atom stereocenters. The summed E-state index contributed by atoms with van der Waals surface area (Å²) in [5, 5.41) is 3.15. The Morgan fingerprint density at radius 3 is 2.45 bits per heavy atom. The van der Waals surface area contributed by atoms with Gasteiger partial charge >= 0.3 is 6.03 Å². The lowest BCUT2D eigenvalue weighted by atomic mass is 10.0. The summed E-state index contributed by atoms with van der Waals surface area (Å²) in [5.74, 6) is 0. The van der Waals surface area contributed by atoms with Crippen LogP contribution in [0.2, 0.25) is 0 Å². The fourth-order valence-electron chi connectivity index (χ4n) is 4.37. The minimum Gasteiger partial charge on any atom is -0.318 e. The van der Waals surface area contributed by atoms with Crippen molar-refractivity contribution in [1.29, 1.82) is 0 Å². The third-order valence-corrected chi connectivity index (χ3v) is 7.45. The van der Waals surface area contributed by atoms with Crippen LogP contribution in [0.3, 0.4) is 0 Å². The number of nitrogens with zero attached hydrogens (tertiary/aromatic N) is 2. The Hall–Kier alpha value is -3.09. The topological polar surface area (TPSA) is 37.3 Å². The van der Waals surface area contributed by atoms with Crippen LogP contribution >= 0.6 is 23.5 Å². The second-order valence-electron chi connectivity index (χ2n) is 7.90. The van der Waals surface area contributed by atoms with Crippen molar-refractivity contribution in [3.05, 3.63) is 108 Å². The van der Waals surface area contributed by atoms with Crippen molar-refractivity contribution in [1.82, 2.24) is 9.47 Å². The molecule has 0 spiro atoms. The number of amides is 2. The highest BCUT2D eigenvalue weighted by Crippen LogP contribution is 2.37. The standard InChI is InChI=1S/C27H25N3OS2/c1-32-22-14-12-19(13-15-22)26-25-11-6-16-29(25)24-10-4-3-7-20(24)18-30(26)27(31)28-21-8-5-9-23(17-21)33-2/h3-17,26H,18H2,1-2H3,(H,28,31). The van der Waals surface area contributed by atoms with Crippen LogP contribution in [0.4, 0.5) is 10.5 Å². The number of carbonyl (C=O) groups is 1. The summed E-state index contributed by atoms with van der Waals surface area (Å²) in [6, 6.07) is 28.7. The molecule has 0 saturated heterocycles. The minimum atomic E-state index is -0.216. The molecule has 2 amide bonds. The number of hydrogen-bond acceptors (Lipinski definition) is 3. The fraction of sp³-hybridized carbons (Fsp3) is 0.148. The minimum absolute atomic E-state index is 0.114. The first-order valence-electron chi connectivity index (χ1n) is 10.8. The van der Waals surface area contributed by atoms with Gasteiger partial charge < -0.3 is 14.8 Å². The summed E-state index contributed by atoms with van der Waals surface area (Å²) in [4.78, 5) is 18.0. The molecule has 2 heterocycles. The average molecular weight is 472 g/mol. The molecule has 33 heavy (non-hydrogen) atoms. The van der Waals surface area contributed by atoms with E-state index in [0.29, 0.717) is 6.54 Å². The summed E-state index contributed by atoms with van der Waals surface area (Å²) in [6.07, 6.45) is 6.20. The van der Waals surface area contributed by atoms with E-state index in [2.05, 4.69) is 76.9 Å². The third-order valence-electron chi connectivity index (χ3n) is 5.98. The summed E-state index contributed by atoms with van der Waals surface area (Å²) in [5.41, 5.74) is 5.20. The van der Waals surface area contributed by atoms with Crippen molar-refractivity contribution in [2.45, 2.75) is 22.4 Å². The van der Waals surface area contributed by atoms with E-state index >= 15 is 0 Å². The van der Waals surface area contributed by atoms with Gasteiger partial charge in [-0.3, -0.25) is 0 Å². The second kappa shape index (κ2) is 9.41. The molecule has 0 saturated carbocycles. The summed E-state index contributed by atoms with van der Waals surface area (Å²) in [6.45, 7) is 0.515. The molecule has 5 rings (SSSR count). The SMILES string of the molecule is CSc1ccc(C2c3cccn3-c3ccccc3CN2C(=O)Nc2cccc(SC)c2)cc1. The zero-order valence-electron chi connectivity index (χ0n) is 18.6. The van der Waals surface area contributed by atoms with Crippen molar-refractivity contribution < 1.29 is 4.79 Å². The van der Waals surface area contributed by atoms with Gasteiger partial charge in [-0.25, -0.2) is 4.79 Å². The van der Waals surface area contributed by atoms with Gasteiger partial charge in [-0.1, -0.05) is 36.4 Å². The van der Waals surface area contributed by atoms with Gasteiger partial charge in [-0.2, -0.15) is 0 Å². The molecular formula is C27H25N3OS2. The zero-order valence-corrected chi connectivity index (χ0v) is 20.2. The molecule has 4 nitrogen and oxygen atoms in total. The summed E-state index contributed by atoms with van der Waals surface area (Å²) >= 11 is 3.38. The van der Waals surface area contributed by atoms with Gasteiger partial charge in [-0.15, -0.1) is 23.5 Å². The van der Waals surface area contributed by atoms with Gasteiger partial charge in [0.2, 0.25) is 0 Å². The molecule has 166 valence electrons. The highest BCUT2D eigenvalue weighted by atomic mass is 32.2. The Kier molecular flexibility index (Phi) is 6.20. The molecule has 0 bridgehead atoms. The number of benzene rings is 3. The van der Waals surface area contributed by atoms with Gasteiger partial charge in [0.25, 0.3) is 0 Å². The van der Waals surface area contributed by atoms with Gasteiger partial charge in [0.1, 0.15) is 0 Å². The lowest BCUT2D eigenvalue weighted by Gasteiger charge is -2.31. The predicted molar refractivity (Wildman–Crippen MR) is 139 cm³/mol. The van der Waals surface area contributed by atoms with E-state index in [0.717, 1.165) is 33.1 Å². The van der Waals surface area contributed by atoms with Crippen LogP contribution in [0.5, 0.6) is 0 Å². The number of carbonyl (C=O) groups excluding carboxylic acids is 1. The average Bonchev–Trinajstić information content (AvgIpc) is 3.28. The van der Waals surface area contributed by atoms with Crippen molar-refractivity contribution in [3.63, 3.8) is 0 Å². The van der Waals surface area contributed by atoms with E-state index in [1.54, 1.807) is 23.5 Å². The van der Waals surface area contributed by atoms with E-state index in [1.165, 1.54) is 4.90 Å².